The van der Waals surface area contributed by atoms with Gasteiger partial charge in [0.2, 0.25) is 0 Å². The number of aryl methyl sites for hydroxylation is 2. The van der Waals surface area contributed by atoms with Crippen molar-refractivity contribution in [2.75, 3.05) is 20.6 Å². The van der Waals surface area contributed by atoms with Crippen LogP contribution in [0.1, 0.15) is 46.3 Å². The van der Waals surface area contributed by atoms with Gasteiger partial charge in [0, 0.05) is 17.6 Å². The van der Waals surface area contributed by atoms with E-state index in [0.29, 0.717) is 12.1 Å². The summed E-state index contributed by atoms with van der Waals surface area (Å²) in [4.78, 5) is 18.5. The fourth-order valence-electron chi connectivity index (χ4n) is 3.92. The number of amides is 1. The van der Waals surface area contributed by atoms with Crippen LogP contribution >= 0.6 is 0 Å². The van der Waals surface area contributed by atoms with Crippen LogP contribution in [0.3, 0.4) is 0 Å². The summed E-state index contributed by atoms with van der Waals surface area (Å²) < 4.78 is 5.52. The van der Waals surface area contributed by atoms with Gasteiger partial charge in [0.05, 0.1) is 23.4 Å². The molecule has 1 atom stereocenters. The first kappa shape index (κ1) is 16.9. The molecule has 1 aliphatic carbocycles. The number of nitrogens with one attached hydrogen (secondary N) is 2. The lowest BCUT2D eigenvalue weighted by atomic mass is 9.95. The van der Waals surface area contributed by atoms with Crippen LogP contribution in [0, 0.1) is 0 Å². The minimum Gasteiger partial charge on any atom is -0.468 e. The summed E-state index contributed by atoms with van der Waals surface area (Å²) in [5.74, 6) is 0.802. The smallest absolute Gasteiger partial charge is 0.253 e. The zero-order valence-corrected chi connectivity index (χ0v) is 15.3. The Hall–Kier alpha value is -2.53. The Balaban J connectivity index is 1.57. The lowest BCUT2D eigenvalue weighted by molar-refractivity contribution is 0.0940. The molecule has 2 aromatic heterocycles. The molecule has 3 aromatic rings. The van der Waals surface area contributed by atoms with Crippen molar-refractivity contribution in [3.63, 3.8) is 0 Å². The van der Waals surface area contributed by atoms with Gasteiger partial charge in [0.1, 0.15) is 5.76 Å². The third-order valence-corrected chi connectivity index (χ3v) is 5.33. The van der Waals surface area contributed by atoms with Gasteiger partial charge in [-0.05, 0) is 63.5 Å². The molecule has 5 heteroatoms. The molecule has 4 rings (SSSR count). The highest BCUT2D eigenvalue weighted by molar-refractivity contribution is 6.06. The van der Waals surface area contributed by atoms with Crippen LogP contribution in [0.15, 0.2) is 41.0 Å². The fraction of sp³-hybridized carbons (Fsp3) is 0.381. The number of benzene rings is 1. The van der Waals surface area contributed by atoms with Crippen LogP contribution in [0.5, 0.6) is 0 Å². The largest absolute Gasteiger partial charge is 0.468 e. The molecule has 26 heavy (non-hydrogen) atoms. The number of aromatic nitrogens is 1. The van der Waals surface area contributed by atoms with Crippen molar-refractivity contribution in [1.82, 2.24) is 15.2 Å². The van der Waals surface area contributed by atoms with Gasteiger partial charge in [0.15, 0.2) is 0 Å². The molecule has 5 nitrogen and oxygen atoms in total. The van der Waals surface area contributed by atoms with E-state index in [2.05, 4.69) is 16.4 Å². The van der Waals surface area contributed by atoms with Crippen LogP contribution in [0.25, 0.3) is 10.9 Å². The predicted octanol–water partition coefficient (Wildman–Crippen LogP) is 3.67. The van der Waals surface area contributed by atoms with Gasteiger partial charge in [0.25, 0.3) is 5.91 Å². The molecule has 0 spiro atoms. The molecular formula is C21H25N3O2. The lowest BCUT2D eigenvalue weighted by Crippen LogP contribution is -2.34. The summed E-state index contributed by atoms with van der Waals surface area (Å²) in [7, 11) is 3.97. The first-order valence-corrected chi connectivity index (χ1v) is 9.25. The van der Waals surface area contributed by atoms with Gasteiger partial charge >= 0.3 is 0 Å². The Morgan fingerprint density at radius 2 is 2.08 bits per heavy atom. The molecule has 1 aromatic carbocycles. The number of fused-ring (bicyclic) bond motifs is 3. The van der Waals surface area contributed by atoms with Crippen LogP contribution in [-0.2, 0) is 12.8 Å². The van der Waals surface area contributed by atoms with E-state index >= 15 is 0 Å². The van der Waals surface area contributed by atoms with Gasteiger partial charge in [-0.1, -0.05) is 12.1 Å². The monoisotopic (exact) mass is 351 g/mol. The first-order chi connectivity index (χ1) is 12.6. The maximum Gasteiger partial charge on any atom is 0.253 e. The Morgan fingerprint density at radius 1 is 1.23 bits per heavy atom. The highest BCUT2D eigenvalue weighted by Gasteiger charge is 2.21. The van der Waals surface area contributed by atoms with E-state index in [0.717, 1.165) is 24.1 Å². The summed E-state index contributed by atoms with van der Waals surface area (Å²) in [5.41, 5.74) is 4.38. The highest BCUT2D eigenvalue weighted by atomic mass is 16.3. The quantitative estimate of drug-likeness (QED) is 0.737. The molecule has 0 bridgehead atoms. The summed E-state index contributed by atoms with van der Waals surface area (Å²) in [6.07, 6.45) is 6.28. The van der Waals surface area contributed by atoms with Crippen LogP contribution in [-0.4, -0.2) is 36.4 Å². The molecule has 1 unspecified atom stereocenters. The second kappa shape index (κ2) is 7.00. The maximum absolute atomic E-state index is 12.9. The molecule has 0 aliphatic heterocycles. The standard InChI is InChI=1S/C21H25N3O2/c1-24(2)18(19-11-6-12-26-19)13-22-21(25)16-9-5-8-15-14-7-3-4-10-17(14)23-20(15)16/h5-6,8-9,11-12,18,23H,3-4,7,10,13H2,1-2H3,(H,22,25). The van der Waals surface area contributed by atoms with Crippen molar-refractivity contribution in [3.8, 4) is 0 Å². The molecule has 1 amide bonds. The Kier molecular flexibility index (Phi) is 4.55. The number of para-hydroxylation sites is 1. The van der Waals surface area contributed by atoms with Gasteiger partial charge in [-0.2, -0.15) is 0 Å². The Labute approximate surface area is 153 Å². The zero-order valence-electron chi connectivity index (χ0n) is 15.3. The van der Waals surface area contributed by atoms with E-state index in [1.807, 2.05) is 43.3 Å². The third kappa shape index (κ3) is 3.03. The SMILES string of the molecule is CN(C)C(CNC(=O)c1cccc2c3c([nH]c12)CCCC3)c1ccco1. The van der Waals surface area contributed by atoms with Crippen LogP contribution in [0.4, 0.5) is 0 Å². The number of hydrogen-bond donors (Lipinski definition) is 2. The molecule has 2 heterocycles. The number of H-pyrrole nitrogens is 1. The average Bonchev–Trinajstić information content (AvgIpc) is 3.28. The number of aromatic amines is 1. The van der Waals surface area contributed by atoms with Crippen molar-refractivity contribution < 1.29 is 9.21 Å². The van der Waals surface area contributed by atoms with E-state index in [1.54, 1.807) is 6.26 Å². The van der Waals surface area contributed by atoms with Gasteiger partial charge < -0.3 is 14.7 Å². The third-order valence-electron chi connectivity index (χ3n) is 5.33. The Bertz CT molecular complexity index is 909. The molecule has 1 aliphatic rings. The van der Waals surface area contributed by atoms with E-state index in [4.69, 9.17) is 4.42 Å². The van der Waals surface area contributed by atoms with Crippen molar-refractivity contribution in [2.45, 2.75) is 31.7 Å². The molecule has 0 saturated heterocycles. The van der Waals surface area contributed by atoms with E-state index in [-0.39, 0.29) is 11.9 Å². The number of carbonyl (C=O) groups is 1. The lowest BCUT2D eigenvalue weighted by Gasteiger charge is -2.22. The zero-order chi connectivity index (χ0) is 18.1. The molecule has 0 saturated carbocycles. The fourth-order valence-corrected chi connectivity index (χ4v) is 3.92. The number of likely N-dealkylation sites (N-methyl/N-ethyl adjacent to an activating group) is 1. The van der Waals surface area contributed by atoms with Crippen molar-refractivity contribution in [2.24, 2.45) is 0 Å². The second-order valence-corrected chi connectivity index (χ2v) is 7.22. The van der Waals surface area contributed by atoms with Crippen LogP contribution in [0.2, 0.25) is 0 Å². The van der Waals surface area contributed by atoms with Gasteiger partial charge in [-0.15, -0.1) is 0 Å². The summed E-state index contributed by atoms with van der Waals surface area (Å²) in [6.45, 7) is 0.496. The van der Waals surface area contributed by atoms with Gasteiger partial charge in [-0.25, -0.2) is 0 Å². The maximum atomic E-state index is 12.9. The highest BCUT2D eigenvalue weighted by Crippen LogP contribution is 2.30. The molecule has 136 valence electrons. The van der Waals surface area contributed by atoms with Crippen molar-refractivity contribution in [3.05, 3.63) is 59.2 Å². The number of nitrogens with zero attached hydrogens (tertiary/aromatic N) is 1. The minimum absolute atomic E-state index is 0.00463. The minimum atomic E-state index is -0.0485. The normalized spacial score (nSPS) is 15.2. The number of hydrogen-bond acceptors (Lipinski definition) is 3. The summed E-state index contributed by atoms with van der Waals surface area (Å²) in [6, 6.07) is 9.82. The average molecular weight is 351 g/mol. The molecule has 2 N–H and O–H groups in total. The van der Waals surface area contributed by atoms with Gasteiger partial charge in [-0.3, -0.25) is 9.69 Å². The van der Waals surface area contributed by atoms with Crippen molar-refractivity contribution in [1.29, 1.82) is 0 Å². The van der Waals surface area contributed by atoms with Crippen molar-refractivity contribution >= 4 is 16.8 Å². The molecular weight excluding hydrogens is 326 g/mol. The Morgan fingerprint density at radius 3 is 2.85 bits per heavy atom. The van der Waals surface area contributed by atoms with E-state index in [1.165, 1.54) is 29.5 Å². The summed E-state index contributed by atoms with van der Waals surface area (Å²) >= 11 is 0. The van der Waals surface area contributed by atoms with E-state index < -0.39 is 0 Å². The second-order valence-electron chi connectivity index (χ2n) is 7.22. The van der Waals surface area contributed by atoms with Crippen LogP contribution < -0.4 is 5.32 Å². The summed E-state index contributed by atoms with van der Waals surface area (Å²) in [5, 5.41) is 4.28. The first-order valence-electron chi connectivity index (χ1n) is 9.25. The predicted molar refractivity (Wildman–Crippen MR) is 102 cm³/mol. The number of rotatable bonds is 5. The molecule has 0 fully saturated rings. The molecule has 0 radical (unpaired) electrons. The number of carbonyl (C=O) groups excluding carboxylic acids is 1. The topological polar surface area (TPSA) is 61.3 Å². The number of furan rings is 1. The van der Waals surface area contributed by atoms with E-state index in [9.17, 15) is 4.79 Å².